The van der Waals surface area contributed by atoms with Crippen LogP contribution < -0.4 is 0 Å². The number of Topliss-reactive ketones (excluding diaryl/α,β-unsaturated/α-hetero) is 1. The second-order valence-corrected chi connectivity index (χ2v) is 11.4. The van der Waals surface area contributed by atoms with E-state index in [1.165, 1.54) is 64.2 Å². The number of hydrogen-bond donors (Lipinski definition) is 2. The van der Waals surface area contributed by atoms with Gasteiger partial charge in [0.15, 0.2) is 5.78 Å². The van der Waals surface area contributed by atoms with Crippen molar-refractivity contribution < 1.29 is 27.9 Å². The Hall–Kier alpha value is -1.08. The van der Waals surface area contributed by atoms with E-state index < -0.39 is 29.0 Å². The Morgan fingerprint density at radius 2 is 0.917 bits per heavy atom. The van der Waals surface area contributed by atoms with E-state index in [0.717, 1.165) is 38.5 Å². The molecule has 0 unspecified atom stereocenters. The van der Waals surface area contributed by atoms with E-state index in [2.05, 4.69) is 13.8 Å². The number of rotatable bonds is 25. The molecule has 0 rings (SSSR count). The average molecular weight is 533 g/mol. The Balaban J connectivity index is 4.92. The number of carbonyl (C=O) groups is 3. The summed E-state index contributed by atoms with van der Waals surface area (Å²) in [6.07, 6.45) is 19.3. The summed E-state index contributed by atoms with van der Waals surface area (Å²) in [5.74, 6) is -1.62. The lowest BCUT2D eigenvalue weighted by Gasteiger charge is -2.31. The third kappa shape index (κ3) is 18.2. The van der Waals surface area contributed by atoms with Crippen LogP contribution in [0.25, 0.3) is 0 Å². The van der Waals surface area contributed by atoms with Crippen LogP contribution in [0.3, 0.4) is 0 Å². The van der Waals surface area contributed by atoms with Gasteiger partial charge >= 0.3 is 11.9 Å². The van der Waals surface area contributed by atoms with Gasteiger partial charge in [0, 0.05) is 12.8 Å². The Kier molecular flexibility index (Phi) is 22.4. The summed E-state index contributed by atoms with van der Waals surface area (Å²) in [6.45, 7) is 7.73. The highest BCUT2D eigenvalue weighted by molar-refractivity contribution is 8.09. The summed E-state index contributed by atoms with van der Waals surface area (Å²) in [5.41, 5.74) is -1.46. The molecule has 36 heavy (non-hydrogen) atoms. The van der Waals surface area contributed by atoms with Gasteiger partial charge in [-0.2, -0.15) is 0 Å². The van der Waals surface area contributed by atoms with Crippen molar-refractivity contribution in [3.05, 3.63) is 0 Å². The minimum Gasteiger partial charge on any atom is -0.382 e. The summed E-state index contributed by atoms with van der Waals surface area (Å²) < 4.78 is 10.5. The Morgan fingerprint density at radius 3 is 1.25 bits per heavy atom. The van der Waals surface area contributed by atoms with Crippen LogP contribution in [0.15, 0.2) is 0 Å². The maximum absolute atomic E-state index is 13.3. The molecule has 0 radical (unpaired) electrons. The lowest BCUT2D eigenvalue weighted by molar-refractivity contribution is -0.137. The number of unbranched alkanes of at least 4 members (excludes halogenated alkanes) is 14. The van der Waals surface area contributed by atoms with Crippen LogP contribution in [0, 0.1) is 0 Å². The van der Waals surface area contributed by atoms with Crippen LogP contribution in [0.1, 0.15) is 156 Å². The summed E-state index contributed by atoms with van der Waals surface area (Å²) >= 11 is -2.02. The van der Waals surface area contributed by atoms with E-state index in [9.17, 15) is 19.5 Å². The lowest BCUT2D eigenvalue weighted by Crippen LogP contribution is -2.41. The number of ketones is 1. The summed E-state index contributed by atoms with van der Waals surface area (Å²) in [5, 5.41) is 11.4. The largest absolute Gasteiger partial charge is 0.382 e. The van der Waals surface area contributed by atoms with Crippen molar-refractivity contribution in [1.29, 1.82) is 0 Å². The maximum Gasteiger partial charge on any atom is 0.328 e. The van der Waals surface area contributed by atoms with E-state index >= 15 is 0 Å². The fraction of sp³-hybridized carbons (Fsp3) is 0.897. The van der Waals surface area contributed by atoms with E-state index in [-0.39, 0.29) is 24.4 Å². The second kappa shape index (κ2) is 23.1. The zero-order chi connectivity index (χ0) is 27.1. The molecule has 214 valence electrons. The van der Waals surface area contributed by atoms with E-state index in [0.29, 0.717) is 12.8 Å². The molecule has 0 atom stereocenters. The molecule has 0 aliphatic carbocycles. The van der Waals surface area contributed by atoms with E-state index in [1.54, 1.807) is 13.8 Å². The summed E-state index contributed by atoms with van der Waals surface area (Å²) in [6, 6.07) is 0. The van der Waals surface area contributed by atoms with Gasteiger partial charge in [0.25, 0.3) is 0 Å². The van der Waals surface area contributed by atoms with E-state index in [1.807, 2.05) is 0 Å². The van der Waals surface area contributed by atoms with Crippen molar-refractivity contribution in [3.8, 4) is 0 Å². The van der Waals surface area contributed by atoms with Crippen LogP contribution in [0.2, 0.25) is 0 Å². The van der Waals surface area contributed by atoms with Crippen molar-refractivity contribution in [1.82, 2.24) is 0 Å². The third-order valence-corrected chi connectivity index (χ3v) is 8.02. The lowest BCUT2D eigenvalue weighted by atomic mass is 9.86. The van der Waals surface area contributed by atoms with E-state index in [4.69, 9.17) is 8.37 Å². The highest BCUT2D eigenvalue weighted by atomic mass is 32.2. The fourth-order valence-electron chi connectivity index (χ4n) is 4.21. The minimum atomic E-state index is -2.02. The van der Waals surface area contributed by atoms with Crippen molar-refractivity contribution in [2.24, 2.45) is 0 Å². The molecule has 0 fully saturated rings. The zero-order valence-electron chi connectivity index (χ0n) is 23.8. The van der Waals surface area contributed by atoms with Crippen molar-refractivity contribution in [2.45, 2.75) is 162 Å². The van der Waals surface area contributed by atoms with Gasteiger partial charge < -0.3 is 13.5 Å². The van der Waals surface area contributed by atoms with Gasteiger partial charge in [-0.05, 0) is 12.8 Å². The molecule has 7 heteroatoms. The maximum atomic E-state index is 13.3. The van der Waals surface area contributed by atoms with Crippen molar-refractivity contribution in [2.75, 3.05) is 5.75 Å². The molecule has 0 bridgehead atoms. The standard InChI is InChI=1S/C29H56O6S/c1-5-9-11-13-15-17-19-21-23-29(33,24-22-20-18-16-14-12-10-6-2)26(30)25-36(34-27(31)7-3)35-28(32)8-4/h33,36H,5-25H2,1-4H3. The minimum absolute atomic E-state index is 0.136. The molecule has 0 heterocycles. The highest BCUT2D eigenvalue weighted by Gasteiger charge is 2.36. The smallest absolute Gasteiger partial charge is 0.328 e. The Morgan fingerprint density at radius 1 is 0.583 bits per heavy atom. The molecule has 0 aromatic heterocycles. The quantitative estimate of drug-likeness (QED) is 0.0912. The number of aliphatic hydroxyl groups is 1. The molecule has 0 aromatic rings. The van der Waals surface area contributed by atoms with Crippen LogP contribution in [-0.4, -0.2) is 34.2 Å². The molecule has 0 saturated heterocycles. The SMILES string of the molecule is CCCCCCCCCCC(O)(CCCCCCCCCC)C(=O)C[SH](OC(=O)CC)OC(=O)CC. The normalized spacial score (nSPS) is 11.9. The number of thiol groups is 1. The third-order valence-electron chi connectivity index (χ3n) is 6.66. The first-order chi connectivity index (χ1) is 17.3. The monoisotopic (exact) mass is 532 g/mol. The van der Waals surface area contributed by atoms with Gasteiger partial charge in [0.05, 0.1) is 0 Å². The number of hydrogen-bond acceptors (Lipinski definition) is 6. The first-order valence-corrected chi connectivity index (χ1v) is 16.1. The van der Waals surface area contributed by atoms with Gasteiger partial charge in [0.2, 0.25) is 0 Å². The molecular weight excluding hydrogens is 476 g/mol. The van der Waals surface area contributed by atoms with Crippen LogP contribution in [0.4, 0.5) is 0 Å². The average Bonchev–Trinajstić information content (AvgIpc) is 2.86. The summed E-state index contributed by atoms with van der Waals surface area (Å²) in [4.78, 5) is 36.9. The number of carbonyl (C=O) groups excluding carboxylic acids is 3. The predicted octanol–water partition coefficient (Wildman–Crippen LogP) is 8.09. The van der Waals surface area contributed by atoms with Crippen LogP contribution in [-0.2, 0) is 22.7 Å². The second-order valence-electron chi connectivity index (χ2n) is 10.0. The Labute approximate surface area is 224 Å². The molecule has 0 amide bonds. The molecule has 0 aliphatic heterocycles. The Bertz CT molecular complexity index is 542. The van der Waals surface area contributed by atoms with Gasteiger partial charge in [-0.3, -0.25) is 14.4 Å². The molecule has 0 aromatic carbocycles. The van der Waals surface area contributed by atoms with Gasteiger partial charge in [-0.15, -0.1) is 11.5 Å². The summed E-state index contributed by atoms with van der Waals surface area (Å²) in [7, 11) is 0. The molecule has 0 spiro atoms. The fourth-order valence-corrected chi connectivity index (χ4v) is 5.62. The van der Waals surface area contributed by atoms with Gasteiger partial charge in [0.1, 0.15) is 11.4 Å². The molecular formula is C29H56O6S. The highest BCUT2D eigenvalue weighted by Crippen LogP contribution is 2.34. The molecule has 0 saturated carbocycles. The predicted molar refractivity (Wildman–Crippen MR) is 151 cm³/mol. The van der Waals surface area contributed by atoms with Crippen molar-refractivity contribution in [3.63, 3.8) is 0 Å². The van der Waals surface area contributed by atoms with Crippen molar-refractivity contribution >= 4 is 29.2 Å². The van der Waals surface area contributed by atoms with Gasteiger partial charge in [-0.1, -0.05) is 130 Å². The first kappa shape index (κ1) is 34.9. The topological polar surface area (TPSA) is 89.9 Å². The van der Waals surface area contributed by atoms with Crippen LogP contribution >= 0.6 is 11.5 Å². The zero-order valence-corrected chi connectivity index (χ0v) is 24.7. The van der Waals surface area contributed by atoms with Gasteiger partial charge in [-0.25, -0.2) is 0 Å². The first-order valence-electron chi connectivity index (χ1n) is 14.8. The molecule has 1 N–H and O–H groups in total. The molecule has 6 nitrogen and oxygen atoms in total. The van der Waals surface area contributed by atoms with Crippen LogP contribution in [0.5, 0.6) is 0 Å². The molecule has 0 aliphatic rings.